The lowest BCUT2D eigenvalue weighted by molar-refractivity contribution is -0.111. The monoisotopic (exact) mass is 338 g/mol. The zero-order chi connectivity index (χ0) is 11.3. The largest absolute Gasteiger partial charge is 0.333 e. The molecule has 5 heteroatoms. The zero-order valence-electron chi connectivity index (χ0n) is 8.65. The summed E-state index contributed by atoms with van der Waals surface area (Å²) in [7, 11) is 3.17. The van der Waals surface area contributed by atoms with Crippen LogP contribution < -0.4 is 5.73 Å². The number of carbonyl (C=O) groups excluding carboxylic acids is 1. The maximum atomic E-state index is 10.7. The summed E-state index contributed by atoms with van der Waals surface area (Å²) in [5, 5.41) is 0. The molecule has 2 N–H and O–H groups in total. The van der Waals surface area contributed by atoms with E-state index in [1.165, 1.54) is 18.3 Å². The predicted octanol–water partition coefficient (Wildman–Crippen LogP) is 2.21. The van der Waals surface area contributed by atoms with E-state index in [4.69, 9.17) is 0 Å². The van der Waals surface area contributed by atoms with Crippen LogP contribution in [0.1, 0.15) is 17.7 Å². The Morgan fingerprint density at radius 1 is 1.67 bits per heavy atom. The highest BCUT2D eigenvalue weighted by Gasteiger charge is 2.20. The van der Waals surface area contributed by atoms with Gasteiger partial charge in [0.1, 0.15) is 6.29 Å². The van der Waals surface area contributed by atoms with Gasteiger partial charge in [0.25, 0.3) is 0 Å². The van der Waals surface area contributed by atoms with Gasteiger partial charge >= 0.3 is 0 Å². The Hall–Kier alpha value is -0.0100. The number of aromatic nitrogens is 1. The van der Waals surface area contributed by atoms with Crippen LogP contribution >= 0.6 is 30.3 Å². The standard InChI is InChI=1S/C9H10INOS.CH5N/c10-13-11-4-3-8-2-1-7(6-12)5-9(8)11;1-2/h3-4,6-7H,1-2,5H2;2H2,1H3. The van der Waals surface area contributed by atoms with Crippen molar-refractivity contribution < 1.29 is 4.79 Å². The number of hydrogen-bond acceptors (Lipinski definition) is 3. The average molecular weight is 338 g/mol. The van der Waals surface area contributed by atoms with Crippen molar-refractivity contribution in [3.05, 3.63) is 23.5 Å². The summed E-state index contributed by atoms with van der Waals surface area (Å²) in [6.07, 6.45) is 6.18. The Labute approximate surface area is 107 Å². The molecule has 15 heavy (non-hydrogen) atoms. The van der Waals surface area contributed by atoms with E-state index in [0.29, 0.717) is 0 Å². The van der Waals surface area contributed by atoms with E-state index in [1.807, 2.05) is 0 Å². The summed E-state index contributed by atoms with van der Waals surface area (Å²) in [6, 6.07) is 2.17. The molecule has 2 rings (SSSR count). The highest BCUT2D eigenvalue weighted by Crippen LogP contribution is 2.29. The molecule has 84 valence electrons. The van der Waals surface area contributed by atoms with Crippen molar-refractivity contribution in [2.24, 2.45) is 11.7 Å². The van der Waals surface area contributed by atoms with Crippen LogP contribution in [-0.4, -0.2) is 17.3 Å². The molecule has 0 fully saturated rings. The SMILES string of the molecule is CN.O=CC1CCc2ccn(SI)c2C1. The van der Waals surface area contributed by atoms with E-state index >= 15 is 0 Å². The fourth-order valence-corrected chi connectivity index (χ4v) is 3.30. The molecule has 0 saturated heterocycles. The van der Waals surface area contributed by atoms with Gasteiger partial charge in [-0.1, -0.05) is 0 Å². The molecule has 1 aromatic heterocycles. The normalized spacial score (nSPS) is 18.7. The molecule has 1 aliphatic carbocycles. The average Bonchev–Trinajstić information content (AvgIpc) is 2.73. The first-order valence-electron chi connectivity index (χ1n) is 4.86. The van der Waals surface area contributed by atoms with Crippen molar-refractivity contribution in [1.29, 1.82) is 0 Å². The van der Waals surface area contributed by atoms with Crippen LogP contribution in [0.15, 0.2) is 12.3 Å². The second-order valence-electron chi connectivity index (χ2n) is 3.32. The lowest BCUT2D eigenvalue weighted by atomic mass is 9.89. The van der Waals surface area contributed by atoms with Gasteiger partial charge in [-0.2, -0.15) is 0 Å². The summed E-state index contributed by atoms with van der Waals surface area (Å²) in [6.45, 7) is 0. The Bertz CT molecular complexity index is 314. The predicted molar refractivity (Wildman–Crippen MR) is 73.1 cm³/mol. The number of aryl methyl sites for hydroxylation is 1. The number of fused-ring (bicyclic) bond motifs is 1. The fraction of sp³-hybridized carbons (Fsp3) is 0.500. The second kappa shape index (κ2) is 6.55. The maximum Gasteiger partial charge on any atom is 0.123 e. The highest BCUT2D eigenvalue weighted by molar-refractivity contribution is 14.2. The Kier molecular flexibility index (Phi) is 5.70. The number of rotatable bonds is 2. The van der Waals surface area contributed by atoms with Gasteiger partial charge in [0, 0.05) is 48.1 Å². The number of nitrogens with two attached hydrogens (primary N) is 1. The zero-order valence-corrected chi connectivity index (χ0v) is 11.6. The molecule has 0 bridgehead atoms. The second-order valence-corrected chi connectivity index (χ2v) is 5.03. The van der Waals surface area contributed by atoms with Gasteiger partial charge in [-0.05, 0) is 37.9 Å². The van der Waals surface area contributed by atoms with Gasteiger partial charge in [0.05, 0.1) is 0 Å². The summed E-state index contributed by atoms with van der Waals surface area (Å²) in [5.74, 6) is 0.240. The van der Waals surface area contributed by atoms with E-state index in [9.17, 15) is 4.79 Å². The van der Waals surface area contributed by atoms with Crippen LogP contribution in [0.4, 0.5) is 0 Å². The molecular weight excluding hydrogens is 323 g/mol. The van der Waals surface area contributed by atoms with Crippen LogP contribution in [0.25, 0.3) is 0 Å². The van der Waals surface area contributed by atoms with E-state index in [0.717, 1.165) is 25.5 Å². The molecule has 1 aromatic rings. The van der Waals surface area contributed by atoms with Crippen molar-refractivity contribution in [2.75, 3.05) is 7.05 Å². The topological polar surface area (TPSA) is 48.0 Å². The summed E-state index contributed by atoms with van der Waals surface area (Å²) in [4.78, 5) is 10.7. The van der Waals surface area contributed by atoms with Crippen molar-refractivity contribution in [2.45, 2.75) is 19.3 Å². The van der Waals surface area contributed by atoms with Gasteiger partial charge < -0.3 is 10.5 Å². The molecule has 1 unspecified atom stereocenters. The molecule has 0 amide bonds. The third-order valence-electron chi connectivity index (χ3n) is 2.55. The maximum absolute atomic E-state index is 10.7. The minimum absolute atomic E-state index is 0.240. The summed E-state index contributed by atoms with van der Waals surface area (Å²) >= 11 is 2.27. The van der Waals surface area contributed by atoms with Gasteiger partial charge in [-0.3, -0.25) is 3.97 Å². The van der Waals surface area contributed by atoms with Crippen molar-refractivity contribution in [3.63, 3.8) is 0 Å². The Balaban J connectivity index is 0.000000531. The minimum atomic E-state index is 0.240. The fourth-order valence-electron chi connectivity index (χ4n) is 1.81. The van der Waals surface area contributed by atoms with Crippen LogP contribution in [0.2, 0.25) is 0 Å². The van der Waals surface area contributed by atoms with E-state index in [2.05, 4.69) is 43.2 Å². The smallest absolute Gasteiger partial charge is 0.123 e. The summed E-state index contributed by atoms with van der Waals surface area (Å²) < 4.78 is 2.16. The third kappa shape index (κ3) is 2.98. The molecular formula is C10H15IN2OS. The first-order chi connectivity index (χ1) is 7.35. The van der Waals surface area contributed by atoms with Crippen LogP contribution in [0.3, 0.4) is 0 Å². The van der Waals surface area contributed by atoms with Crippen LogP contribution in [-0.2, 0) is 17.6 Å². The molecule has 0 radical (unpaired) electrons. The van der Waals surface area contributed by atoms with Crippen LogP contribution in [0, 0.1) is 5.92 Å². The molecule has 0 saturated carbocycles. The molecule has 0 aromatic carbocycles. The van der Waals surface area contributed by atoms with Gasteiger partial charge in [-0.15, -0.1) is 0 Å². The molecule has 1 aliphatic rings. The lowest BCUT2D eigenvalue weighted by Gasteiger charge is -2.18. The molecule has 0 spiro atoms. The van der Waals surface area contributed by atoms with Crippen molar-refractivity contribution in [3.8, 4) is 0 Å². The van der Waals surface area contributed by atoms with E-state index < -0.39 is 0 Å². The number of aldehydes is 1. The first-order valence-corrected chi connectivity index (χ1v) is 8.18. The van der Waals surface area contributed by atoms with E-state index in [-0.39, 0.29) is 5.92 Å². The quantitative estimate of drug-likeness (QED) is 0.664. The molecule has 3 nitrogen and oxygen atoms in total. The summed E-state index contributed by atoms with van der Waals surface area (Å²) in [5.41, 5.74) is 7.25. The lowest BCUT2D eigenvalue weighted by Crippen LogP contribution is -2.15. The first kappa shape index (κ1) is 13.1. The van der Waals surface area contributed by atoms with Gasteiger partial charge in [0.15, 0.2) is 0 Å². The third-order valence-corrected chi connectivity index (χ3v) is 4.32. The van der Waals surface area contributed by atoms with Crippen LogP contribution in [0.5, 0.6) is 0 Å². The van der Waals surface area contributed by atoms with Crippen molar-refractivity contribution >= 4 is 36.6 Å². The molecule has 1 atom stereocenters. The highest BCUT2D eigenvalue weighted by atomic mass is 127. The van der Waals surface area contributed by atoms with Crippen molar-refractivity contribution in [1.82, 2.24) is 3.97 Å². The molecule has 1 heterocycles. The van der Waals surface area contributed by atoms with Gasteiger partial charge in [0.2, 0.25) is 0 Å². The Morgan fingerprint density at radius 3 is 3.00 bits per heavy atom. The number of halogens is 1. The number of nitrogens with zero attached hydrogens (tertiary/aromatic N) is 1. The Morgan fingerprint density at radius 2 is 2.40 bits per heavy atom. The van der Waals surface area contributed by atoms with Gasteiger partial charge in [-0.25, -0.2) is 0 Å². The number of carbonyl (C=O) groups is 1. The molecule has 0 aliphatic heterocycles. The van der Waals surface area contributed by atoms with E-state index in [1.54, 1.807) is 9.12 Å². The minimum Gasteiger partial charge on any atom is -0.333 e. The number of hydrogen-bond donors (Lipinski definition) is 1.